The predicted molar refractivity (Wildman–Crippen MR) is 67.6 cm³/mol. The van der Waals surface area contributed by atoms with Crippen LogP contribution in [0.4, 0.5) is 6.01 Å². The van der Waals surface area contributed by atoms with Gasteiger partial charge in [-0.25, -0.2) is 0 Å². The van der Waals surface area contributed by atoms with Gasteiger partial charge in [-0.3, -0.25) is 0 Å². The third kappa shape index (κ3) is 4.85. The lowest BCUT2D eigenvalue weighted by Gasteiger charge is -2.01. The molecule has 0 aliphatic rings. The molecule has 0 aliphatic heterocycles. The standard InChI is InChI=1S/C10H20N4OS/c1-8(11)9-13-14-10(15-9)12-6-4-3-5-7-16-2/h8H,3-7,11H2,1-2H3,(H,12,14). The van der Waals surface area contributed by atoms with Gasteiger partial charge < -0.3 is 15.5 Å². The van der Waals surface area contributed by atoms with Crippen molar-refractivity contribution in [1.29, 1.82) is 0 Å². The molecule has 6 heteroatoms. The summed E-state index contributed by atoms with van der Waals surface area (Å²) < 4.78 is 5.31. The molecule has 0 bridgehead atoms. The number of thioether (sulfide) groups is 1. The smallest absolute Gasteiger partial charge is 0.315 e. The fourth-order valence-electron chi connectivity index (χ4n) is 1.23. The van der Waals surface area contributed by atoms with Gasteiger partial charge in [0.2, 0.25) is 5.89 Å². The monoisotopic (exact) mass is 244 g/mol. The highest BCUT2D eigenvalue weighted by Gasteiger charge is 2.08. The largest absolute Gasteiger partial charge is 0.406 e. The van der Waals surface area contributed by atoms with Crippen LogP contribution < -0.4 is 11.1 Å². The Morgan fingerprint density at radius 2 is 2.19 bits per heavy atom. The average molecular weight is 244 g/mol. The summed E-state index contributed by atoms with van der Waals surface area (Å²) in [5.41, 5.74) is 5.61. The van der Waals surface area contributed by atoms with Crippen LogP contribution in [-0.4, -0.2) is 28.8 Å². The van der Waals surface area contributed by atoms with E-state index < -0.39 is 0 Å². The van der Waals surface area contributed by atoms with Gasteiger partial charge in [0.1, 0.15) is 0 Å². The van der Waals surface area contributed by atoms with Gasteiger partial charge in [-0.05, 0) is 31.8 Å². The van der Waals surface area contributed by atoms with E-state index in [9.17, 15) is 0 Å². The van der Waals surface area contributed by atoms with Crippen LogP contribution in [0.3, 0.4) is 0 Å². The maximum atomic E-state index is 5.61. The van der Waals surface area contributed by atoms with E-state index >= 15 is 0 Å². The van der Waals surface area contributed by atoms with Crippen LogP contribution in [-0.2, 0) is 0 Å². The van der Waals surface area contributed by atoms with E-state index in [4.69, 9.17) is 10.2 Å². The molecule has 92 valence electrons. The number of hydrogen-bond donors (Lipinski definition) is 2. The molecule has 1 heterocycles. The number of anilines is 1. The van der Waals surface area contributed by atoms with Crippen LogP contribution in [0, 0.1) is 0 Å². The third-order valence-electron chi connectivity index (χ3n) is 2.13. The molecule has 1 aromatic rings. The second-order valence-corrected chi connectivity index (χ2v) is 4.70. The summed E-state index contributed by atoms with van der Waals surface area (Å²) in [7, 11) is 0. The van der Waals surface area contributed by atoms with Crippen molar-refractivity contribution in [1.82, 2.24) is 10.2 Å². The SMILES string of the molecule is CSCCCCCNc1nnc(C(C)N)o1. The zero-order chi connectivity index (χ0) is 11.8. The molecule has 0 saturated heterocycles. The van der Waals surface area contributed by atoms with Crippen LogP contribution in [0.2, 0.25) is 0 Å². The Bertz CT molecular complexity index is 290. The van der Waals surface area contributed by atoms with Crippen molar-refractivity contribution in [2.24, 2.45) is 5.73 Å². The van der Waals surface area contributed by atoms with E-state index in [0.717, 1.165) is 13.0 Å². The van der Waals surface area contributed by atoms with E-state index in [0.29, 0.717) is 11.9 Å². The number of nitrogens with one attached hydrogen (secondary N) is 1. The van der Waals surface area contributed by atoms with E-state index in [1.807, 2.05) is 18.7 Å². The molecule has 1 aromatic heterocycles. The molecule has 1 atom stereocenters. The second-order valence-electron chi connectivity index (χ2n) is 3.71. The normalized spacial score (nSPS) is 12.7. The molecule has 0 fully saturated rings. The molecule has 5 nitrogen and oxygen atoms in total. The van der Waals surface area contributed by atoms with Gasteiger partial charge in [-0.2, -0.15) is 11.8 Å². The zero-order valence-electron chi connectivity index (χ0n) is 9.90. The van der Waals surface area contributed by atoms with E-state index in [-0.39, 0.29) is 6.04 Å². The summed E-state index contributed by atoms with van der Waals surface area (Å²) in [6, 6.07) is 0.266. The highest BCUT2D eigenvalue weighted by molar-refractivity contribution is 7.98. The molecule has 0 aliphatic carbocycles. The highest BCUT2D eigenvalue weighted by Crippen LogP contribution is 2.11. The number of aromatic nitrogens is 2. The molecule has 3 N–H and O–H groups in total. The number of hydrogen-bond acceptors (Lipinski definition) is 6. The Morgan fingerprint density at radius 3 is 2.81 bits per heavy atom. The maximum Gasteiger partial charge on any atom is 0.315 e. The summed E-state index contributed by atoms with van der Waals surface area (Å²) >= 11 is 1.89. The molecule has 0 saturated carbocycles. The summed E-state index contributed by atoms with van der Waals surface area (Å²) in [4.78, 5) is 0. The molecule has 0 amide bonds. The summed E-state index contributed by atoms with van der Waals surface area (Å²) in [6.07, 6.45) is 5.74. The molecular weight excluding hydrogens is 224 g/mol. The van der Waals surface area contributed by atoms with Crippen molar-refractivity contribution in [3.8, 4) is 0 Å². The Labute approximate surface area is 101 Å². The van der Waals surface area contributed by atoms with Gasteiger partial charge >= 0.3 is 6.01 Å². The van der Waals surface area contributed by atoms with Crippen LogP contribution in [0.15, 0.2) is 4.42 Å². The van der Waals surface area contributed by atoms with Gasteiger partial charge in [-0.15, -0.1) is 5.10 Å². The third-order valence-corrected chi connectivity index (χ3v) is 2.83. The van der Waals surface area contributed by atoms with Crippen molar-refractivity contribution in [2.45, 2.75) is 32.2 Å². The van der Waals surface area contributed by atoms with E-state index in [1.165, 1.54) is 18.6 Å². The topological polar surface area (TPSA) is 77.0 Å². The molecule has 16 heavy (non-hydrogen) atoms. The lowest BCUT2D eigenvalue weighted by molar-refractivity contribution is 0.472. The second kappa shape index (κ2) is 7.51. The van der Waals surface area contributed by atoms with E-state index in [2.05, 4.69) is 21.8 Å². The van der Waals surface area contributed by atoms with Crippen LogP contribution >= 0.6 is 11.8 Å². The summed E-state index contributed by atoms with van der Waals surface area (Å²) in [5, 5.41) is 10.8. The zero-order valence-corrected chi connectivity index (χ0v) is 10.7. The Balaban J connectivity index is 2.12. The molecule has 0 aromatic carbocycles. The molecular formula is C10H20N4OS. The van der Waals surface area contributed by atoms with Crippen molar-refractivity contribution in [3.05, 3.63) is 5.89 Å². The van der Waals surface area contributed by atoms with Crippen molar-refractivity contribution >= 4 is 17.8 Å². The predicted octanol–water partition coefficient (Wildman–Crippen LogP) is 2.03. The quantitative estimate of drug-likeness (QED) is 0.681. The van der Waals surface area contributed by atoms with E-state index in [1.54, 1.807) is 0 Å². The van der Waals surface area contributed by atoms with Crippen molar-refractivity contribution < 1.29 is 4.42 Å². The first-order valence-corrected chi connectivity index (χ1v) is 6.95. The number of unbranched alkanes of at least 4 members (excludes halogenated alkanes) is 2. The first kappa shape index (κ1) is 13.3. The van der Waals surface area contributed by atoms with Gasteiger partial charge in [-0.1, -0.05) is 11.5 Å². The minimum absolute atomic E-state index is 0.204. The van der Waals surface area contributed by atoms with Gasteiger partial charge in [0.05, 0.1) is 6.04 Å². The Kier molecular flexibility index (Phi) is 6.25. The fourth-order valence-corrected chi connectivity index (χ4v) is 1.73. The van der Waals surface area contributed by atoms with Crippen molar-refractivity contribution in [2.75, 3.05) is 23.9 Å². The van der Waals surface area contributed by atoms with Crippen LogP contribution in [0.5, 0.6) is 0 Å². The van der Waals surface area contributed by atoms with Crippen LogP contribution in [0.1, 0.15) is 38.1 Å². The first-order chi connectivity index (χ1) is 7.74. The first-order valence-electron chi connectivity index (χ1n) is 5.56. The minimum Gasteiger partial charge on any atom is -0.406 e. The maximum absolute atomic E-state index is 5.61. The molecule has 1 rings (SSSR count). The van der Waals surface area contributed by atoms with Crippen LogP contribution in [0.25, 0.3) is 0 Å². The minimum atomic E-state index is -0.204. The number of nitrogens with two attached hydrogens (primary N) is 1. The number of rotatable bonds is 8. The molecule has 0 spiro atoms. The van der Waals surface area contributed by atoms with Gasteiger partial charge in [0.25, 0.3) is 0 Å². The summed E-state index contributed by atoms with van der Waals surface area (Å²) in [5.74, 6) is 1.71. The number of nitrogens with zero attached hydrogens (tertiary/aromatic N) is 2. The molecule has 1 unspecified atom stereocenters. The average Bonchev–Trinajstić information content (AvgIpc) is 2.72. The summed E-state index contributed by atoms with van der Waals surface area (Å²) in [6.45, 7) is 2.69. The lowest BCUT2D eigenvalue weighted by Crippen LogP contribution is -2.04. The lowest BCUT2D eigenvalue weighted by atomic mass is 10.2. The van der Waals surface area contributed by atoms with Gasteiger partial charge in [0, 0.05) is 6.54 Å². The molecule has 0 radical (unpaired) electrons. The Morgan fingerprint density at radius 1 is 1.38 bits per heavy atom. The Hall–Kier alpha value is -0.750. The van der Waals surface area contributed by atoms with Gasteiger partial charge in [0.15, 0.2) is 0 Å². The van der Waals surface area contributed by atoms with Crippen molar-refractivity contribution in [3.63, 3.8) is 0 Å². The fraction of sp³-hybridized carbons (Fsp3) is 0.800. The highest BCUT2D eigenvalue weighted by atomic mass is 32.2.